The number of carbonyl (C=O) groups excluding carboxylic acids is 1. The number of nitrogens with zero attached hydrogens (tertiary/aromatic N) is 1. The predicted octanol–water partition coefficient (Wildman–Crippen LogP) is 1.53. The van der Waals surface area contributed by atoms with Crippen LogP contribution in [0.3, 0.4) is 0 Å². The van der Waals surface area contributed by atoms with Gasteiger partial charge in [-0.1, -0.05) is 11.3 Å². The lowest BCUT2D eigenvalue weighted by molar-refractivity contribution is 0.108. The molecule has 0 radical (unpaired) electrons. The largest absolute Gasteiger partial charge is 0.473 e. The van der Waals surface area contributed by atoms with Crippen molar-refractivity contribution in [3.63, 3.8) is 0 Å². The van der Waals surface area contributed by atoms with Crippen molar-refractivity contribution in [1.82, 2.24) is 4.98 Å². The minimum Gasteiger partial charge on any atom is -0.473 e. The number of thiazole rings is 1. The van der Waals surface area contributed by atoms with Crippen molar-refractivity contribution in [2.75, 3.05) is 7.11 Å². The summed E-state index contributed by atoms with van der Waals surface area (Å²) in [5.74, 6) is 0. The van der Waals surface area contributed by atoms with Crippen molar-refractivity contribution in [1.29, 1.82) is 0 Å². The van der Waals surface area contributed by atoms with Crippen molar-refractivity contribution >= 4 is 28.2 Å². The minimum atomic E-state index is -0.499. The highest BCUT2D eigenvalue weighted by molar-refractivity contribution is 7.17. The third kappa shape index (κ3) is 1.46. The Morgan fingerprint density at radius 1 is 1.90 bits per heavy atom. The molecule has 3 nitrogen and oxygen atoms in total. The average Bonchev–Trinajstić information content (AvgIpc) is 2.34. The summed E-state index contributed by atoms with van der Waals surface area (Å²) in [7, 11) is 1.49. The zero-order valence-corrected chi connectivity index (χ0v) is 6.70. The van der Waals surface area contributed by atoms with Gasteiger partial charge in [0.1, 0.15) is 4.88 Å². The Hall–Kier alpha value is -0.610. The van der Waals surface area contributed by atoms with E-state index in [1.165, 1.54) is 13.3 Å². The summed E-state index contributed by atoms with van der Waals surface area (Å²) in [6.07, 6.45) is 1.39. The number of methoxy groups -OCH3 is 1. The molecule has 0 bridgehead atoms. The molecular formula is C5H4ClNO2S. The molecule has 0 amide bonds. The van der Waals surface area contributed by atoms with E-state index >= 15 is 0 Å². The van der Waals surface area contributed by atoms with E-state index in [1.807, 2.05) is 0 Å². The zero-order chi connectivity index (χ0) is 7.56. The lowest BCUT2D eigenvalue weighted by Crippen LogP contribution is -1.78. The van der Waals surface area contributed by atoms with Crippen LogP contribution in [0.1, 0.15) is 9.67 Å². The molecule has 0 atom stereocenters. The number of ether oxygens (including phenoxy) is 1. The smallest absolute Gasteiger partial charge is 0.273 e. The van der Waals surface area contributed by atoms with Crippen molar-refractivity contribution in [3.05, 3.63) is 11.1 Å². The third-order valence-corrected chi connectivity index (χ3v) is 2.13. The van der Waals surface area contributed by atoms with Gasteiger partial charge >= 0.3 is 0 Å². The molecule has 0 fully saturated rings. The molecule has 0 saturated heterocycles. The topological polar surface area (TPSA) is 39.2 Å². The molecule has 5 heteroatoms. The Labute approximate surface area is 66.6 Å². The Balaban J connectivity index is 2.88. The molecule has 54 valence electrons. The number of hydrogen-bond acceptors (Lipinski definition) is 4. The van der Waals surface area contributed by atoms with E-state index < -0.39 is 5.24 Å². The Bertz CT molecular complexity index is 248. The van der Waals surface area contributed by atoms with E-state index in [9.17, 15) is 4.79 Å². The second-order valence-corrected chi connectivity index (χ2v) is 2.80. The van der Waals surface area contributed by atoms with Crippen LogP contribution in [0.15, 0.2) is 6.20 Å². The number of rotatable bonds is 2. The van der Waals surface area contributed by atoms with Crippen molar-refractivity contribution in [2.45, 2.75) is 0 Å². The van der Waals surface area contributed by atoms with E-state index in [0.29, 0.717) is 10.1 Å². The van der Waals surface area contributed by atoms with E-state index in [1.54, 1.807) is 0 Å². The molecule has 0 aromatic carbocycles. The first-order valence-corrected chi connectivity index (χ1v) is 3.63. The Morgan fingerprint density at radius 2 is 2.60 bits per heavy atom. The first-order chi connectivity index (χ1) is 4.74. The highest BCUT2D eigenvalue weighted by Gasteiger charge is 2.06. The van der Waals surface area contributed by atoms with Gasteiger partial charge in [0, 0.05) is 0 Å². The van der Waals surface area contributed by atoms with E-state index in [4.69, 9.17) is 16.3 Å². The van der Waals surface area contributed by atoms with Crippen molar-refractivity contribution < 1.29 is 9.53 Å². The molecule has 0 aliphatic carbocycles. The molecule has 0 N–H and O–H groups in total. The number of carbonyl (C=O) groups is 1. The maximum absolute atomic E-state index is 10.5. The summed E-state index contributed by atoms with van der Waals surface area (Å²) in [5.41, 5.74) is 0. The van der Waals surface area contributed by atoms with Gasteiger partial charge in [-0.3, -0.25) is 4.79 Å². The van der Waals surface area contributed by atoms with Crippen molar-refractivity contribution in [3.8, 4) is 5.19 Å². The molecule has 0 unspecified atom stereocenters. The summed E-state index contributed by atoms with van der Waals surface area (Å²) < 4.78 is 4.74. The summed E-state index contributed by atoms with van der Waals surface area (Å²) in [5, 5.41) is -0.0511. The number of halogens is 1. The standard InChI is InChI=1S/C5H4ClNO2S/c1-9-5-7-2-3(10-5)4(6)8/h2H,1H3. The lowest BCUT2D eigenvalue weighted by Gasteiger charge is -1.85. The van der Waals surface area contributed by atoms with Crippen LogP contribution in [0.25, 0.3) is 0 Å². The van der Waals surface area contributed by atoms with Crippen LogP contribution in [-0.4, -0.2) is 17.3 Å². The van der Waals surface area contributed by atoms with Crippen LogP contribution in [0.2, 0.25) is 0 Å². The summed E-state index contributed by atoms with van der Waals surface area (Å²) in [6.45, 7) is 0. The van der Waals surface area contributed by atoms with Gasteiger partial charge in [0.05, 0.1) is 13.3 Å². The molecule has 0 saturated carbocycles. The van der Waals surface area contributed by atoms with E-state index in [-0.39, 0.29) is 0 Å². The van der Waals surface area contributed by atoms with Crippen LogP contribution in [0.5, 0.6) is 5.19 Å². The Morgan fingerprint density at radius 3 is 2.90 bits per heavy atom. The fourth-order valence-corrected chi connectivity index (χ4v) is 1.17. The van der Waals surface area contributed by atoms with Gasteiger partial charge in [-0.2, -0.15) is 0 Å². The van der Waals surface area contributed by atoms with Crippen LogP contribution in [0, 0.1) is 0 Å². The second-order valence-electron chi connectivity index (χ2n) is 1.47. The van der Waals surface area contributed by atoms with Crippen LogP contribution in [0.4, 0.5) is 0 Å². The third-order valence-electron chi connectivity index (χ3n) is 0.853. The first-order valence-electron chi connectivity index (χ1n) is 2.43. The average molecular weight is 178 g/mol. The van der Waals surface area contributed by atoms with Crippen molar-refractivity contribution in [2.24, 2.45) is 0 Å². The van der Waals surface area contributed by atoms with Crippen LogP contribution >= 0.6 is 22.9 Å². The van der Waals surface area contributed by atoms with E-state index in [0.717, 1.165) is 11.3 Å². The molecule has 0 aliphatic rings. The normalized spacial score (nSPS) is 9.40. The molecule has 1 aromatic rings. The maximum atomic E-state index is 10.5. The zero-order valence-electron chi connectivity index (χ0n) is 5.13. The highest BCUT2D eigenvalue weighted by atomic mass is 35.5. The molecule has 1 heterocycles. The molecule has 1 rings (SSSR count). The quantitative estimate of drug-likeness (QED) is 0.644. The number of aromatic nitrogens is 1. The monoisotopic (exact) mass is 177 g/mol. The van der Waals surface area contributed by atoms with Gasteiger partial charge in [0.15, 0.2) is 0 Å². The highest BCUT2D eigenvalue weighted by Crippen LogP contribution is 2.20. The van der Waals surface area contributed by atoms with Crippen LogP contribution < -0.4 is 4.74 Å². The van der Waals surface area contributed by atoms with Gasteiger partial charge in [0.2, 0.25) is 0 Å². The Kier molecular flexibility index (Phi) is 2.24. The molecule has 1 aromatic heterocycles. The second kappa shape index (κ2) is 2.98. The van der Waals surface area contributed by atoms with E-state index in [2.05, 4.69) is 4.98 Å². The van der Waals surface area contributed by atoms with Gasteiger partial charge in [0.25, 0.3) is 10.4 Å². The molecule has 10 heavy (non-hydrogen) atoms. The minimum absolute atomic E-state index is 0.401. The molecule has 0 spiro atoms. The summed E-state index contributed by atoms with van der Waals surface area (Å²) in [6, 6.07) is 0. The predicted molar refractivity (Wildman–Crippen MR) is 38.8 cm³/mol. The van der Waals surface area contributed by atoms with Gasteiger partial charge < -0.3 is 4.74 Å². The lowest BCUT2D eigenvalue weighted by atomic mass is 10.6. The molecule has 0 aliphatic heterocycles. The van der Waals surface area contributed by atoms with Gasteiger partial charge in [-0.05, 0) is 11.6 Å². The SMILES string of the molecule is COc1ncc(C(=O)Cl)s1. The van der Waals surface area contributed by atoms with Gasteiger partial charge in [-0.25, -0.2) is 4.98 Å². The summed E-state index contributed by atoms with van der Waals surface area (Å²) >= 11 is 6.28. The van der Waals surface area contributed by atoms with Crippen LogP contribution in [-0.2, 0) is 0 Å². The number of hydrogen-bond donors (Lipinski definition) is 0. The van der Waals surface area contributed by atoms with Gasteiger partial charge in [-0.15, -0.1) is 0 Å². The molecular weight excluding hydrogens is 174 g/mol. The maximum Gasteiger partial charge on any atom is 0.273 e. The fraction of sp³-hybridized carbons (Fsp3) is 0.200. The summed E-state index contributed by atoms with van der Waals surface area (Å²) in [4.78, 5) is 14.6. The fourth-order valence-electron chi connectivity index (χ4n) is 0.443. The first kappa shape index (κ1) is 7.50.